The van der Waals surface area contributed by atoms with Crippen molar-refractivity contribution in [3.8, 4) is 16.9 Å². The lowest BCUT2D eigenvalue weighted by Gasteiger charge is -2.32. The second-order valence-electron chi connectivity index (χ2n) is 11.6. The summed E-state index contributed by atoms with van der Waals surface area (Å²) in [7, 11) is 1.68. The van der Waals surface area contributed by atoms with E-state index in [-0.39, 0.29) is 28.7 Å². The minimum Gasteiger partial charge on any atom is -0.489 e. The molecule has 37 heavy (non-hydrogen) atoms. The largest absolute Gasteiger partial charge is 0.489 e. The van der Waals surface area contributed by atoms with E-state index in [1.807, 2.05) is 37.3 Å². The average Bonchev–Trinajstić information content (AvgIpc) is 3.48. The maximum atomic E-state index is 14.9. The van der Waals surface area contributed by atoms with Gasteiger partial charge in [0.15, 0.2) is 0 Å². The fourth-order valence-electron chi connectivity index (χ4n) is 6.05. The van der Waals surface area contributed by atoms with Gasteiger partial charge in [0.2, 0.25) is 0 Å². The Kier molecular flexibility index (Phi) is 6.35. The predicted molar refractivity (Wildman–Crippen MR) is 140 cm³/mol. The van der Waals surface area contributed by atoms with E-state index in [1.165, 1.54) is 11.8 Å². The highest BCUT2D eigenvalue weighted by atomic mass is 19.1. The molecule has 1 aromatic heterocycles. The van der Waals surface area contributed by atoms with E-state index in [0.717, 1.165) is 46.5 Å². The van der Waals surface area contributed by atoms with Crippen LogP contribution < -0.4 is 4.74 Å². The number of carbonyl (C=O) groups is 1. The van der Waals surface area contributed by atoms with Crippen molar-refractivity contribution in [3.05, 3.63) is 82.4 Å². The van der Waals surface area contributed by atoms with E-state index in [2.05, 4.69) is 31.8 Å². The molecule has 1 fully saturated rings. The van der Waals surface area contributed by atoms with Gasteiger partial charge in [0.1, 0.15) is 18.2 Å². The van der Waals surface area contributed by atoms with Gasteiger partial charge >= 0.3 is 5.97 Å². The highest BCUT2D eigenvalue weighted by Gasteiger charge is 2.61. The van der Waals surface area contributed by atoms with E-state index in [1.54, 1.807) is 13.2 Å². The number of aryl methyl sites for hydroxylation is 2. The van der Waals surface area contributed by atoms with Gasteiger partial charge in [-0.3, -0.25) is 9.78 Å². The van der Waals surface area contributed by atoms with Gasteiger partial charge in [0, 0.05) is 23.8 Å². The lowest BCUT2D eigenvalue weighted by atomic mass is 9.81. The maximum absolute atomic E-state index is 14.9. The highest BCUT2D eigenvalue weighted by Crippen LogP contribution is 2.62. The number of hydrogen-bond acceptors (Lipinski definition) is 4. The normalized spacial score (nSPS) is 21.1. The fourth-order valence-corrected chi connectivity index (χ4v) is 6.05. The smallest absolute Gasteiger partial charge is 0.307 e. The van der Waals surface area contributed by atoms with Crippen molar-refractivity contribution in [1.29, 1.82) is 0 Å². The molecule has 194 valence electrons. The van der Waals surface area contributed by atoms with Gasteiger partial charge in [0.05, 0.1) is 18.2 Å². The second kappa shape index (κ2) is 9.25. The number of nitrogens with zero attached hydrogens (tertiary/aromatic N) is 1. The summed E-state index contributed by atoms with van der Waals surface area (Å²) in [5.41, 5.74) is 5.78. The number of carboxylic acids is 1. The maximum Gasteiger partial charge on any atom is 0.307 e. The Bertz CT molecular complexity index is 1360. The fraction of sp³-hybridized carbons (Fsp3) is 0.419. The van der Waals surface area contributed by atoms with E-state index >= 15 is 0 Å². The zero-order valence-corrected chi connectivity index (χ0v) is 22.1. The summed E-state index contributed by atoms with van der Waals surface area (Å²) in [5.74, 6) is -0.637. The molecule has 1 heterocycles. The number of hydrogen-bond donors (Lipinski definition) is 1. The Labute approximate surface area is 217 Å². The Morgan fingerprint density at radius 3 is 2.65 bits per heavy atom. The van der Waals surface area contributed by atoms with Crippen molar-refractivity contribution >= 4 is 5.97 Å². The molecule has 1 saturated carbocycles. The molecule has 3 aromatic rings. The van der Waals surface area contributed by atoms with E-state index in [0.29, 0.717) is 18.6 Å². The summed E-state index contributed by atoms with van der Waals surface area (Å²) in [6.07, 6.45) is 3.52. The lowest BCUT2D eigenvalue weighted by molar-refractivity contribution is -0.139. The highest BCUT2D eigenvalue weighted by molar-refractivity contribution is 5.78. The van der Waals surface area contributed by atoms with Gasteiger partial charge in [0.25, 0.3) is 0 Å². The SMILES string of the molecule is CO[C@H](c1cc(COc2ccc3c(c2)[C@]2(CC3)C[C@H]2C(=O)O)ccc1-c1cc(C)ncc1F)C(C)(C)C. The Morgan fingerprint density at radius 1 is 1.19 bits per heavy atom. The van der Waals surface area contributed by atoms with Crippen LogP contribution in [0, 0.1) is 24.1 Å². The topological polar surface area (TPSA) is 68.7 Å². The molecular weight excluding hydrogens is 469 g/mol. The Hall–Kier alpha value is -3.25. The third-order valence-electron chi connectivity index (χ3n) is 7.94. The van der Waals surface area contributed by atoms with Crippen molar-refractivity contribution < 1.29 is 23.8 Å². The number of pyridine rings is 1. The van der Waals surface area contributed by atoms with Crippen LogP contribution in [0.4, 0.5) is 4.39 Å². The van der Waals surface area contributed by atoms with Crippen LogP contribution in [-0.4, -0.2) is 23.2 Å². The van der Waals surface area contributed by atoms with E-state index in [9.17, 15) is 14.3 Å². The molecule has 3 atom stereocenters. The molecule has 2 aromatic carbocycles. The molecule has 0 radical (unpaired) electrons. The number of methoxy groups -OCH3 is 1. The lowest BCUT2D eigenvalue weighted by Crippen LogP contribution is -2.21. The van der Waals surface area contributed by atoms with Crippen molar-refractivity contribution in [2.75, 3.05) is 7.11 Å². The van der Waals surface area contributed by atoms with Gasteiger partial charge in [-0.25, -0.2) is 4.39 Å². The van der Waals surface area contributed by atoms with Crippen LogP contribution in [0.2, 0.25) is 0 Å². The van der Waals surface area contributed by atoms with Crippen LogP contribution in [0.5, 0.6) is 5.75 Å². The molecule has 0 saturated heterocycles. The number of aromatic nitrogens is 1. The van der Waals surface area contributed by atoms with Crippen LogP contribution in [0.25, 0.3) is 11.1 Å². The third-order valence-corrected chi connectivity index (χ3v) is 7.94. The summed E-state index contributed by atoms with van der Waals surface area (Å²) >= 11 is 0. The standard InChI is InChI=1S/C31H34FNO4/c1-18-12-23(27(32)16-33-18)22-9-6-19(13-24(22)28(36-5)30(2,3)4)17-37-21-8-7-20-10-11-31(25(20)14-21)15-26(31)29(34)35/h6-9,12-14,16,26,28H,10-11,15,17H2,1-5H3,(H,34,35)/t26-,28+,31-/m0/s1. The minimum atomic E-state index is -0.709. The first-order valence-electron chi connectivity index (χ1n) is 12.8. The molecular formula is C31H34FNO4. The summed E-state index contributed by atoms with van der Waals surface area (Å²) in [6.45, 7) is 8.49. The molecule has 0 unspecified atom stereocenters. The van der Waals surface area contributed by atoms with Crippen LogP contribution in [0.15, 0.2) is 48.7 Å². The first-order valence-corrected chi connectivity index (χ1v) is 12.8. The van der Waals surface area contributed by atoms with Crippen molar-refractivity contribution in [3.63, 3.8) is 0 Å². The van der Waals surface area contributed by atoms with Gasteiger partial charge in [-0.1, -0.05) is 39.0 Å². The van der Waals surface area contributed by atoms with Crippen LogP contribution in [-0.2, 0) is 28.0 Å². The quantitative estimate of drug-likeness (QED) is 0.384. The number of carboxylic acid groups (broad SMARTS) is 1. The van der Waals surface area contributed by atoms with Crippen molar-refractivity contribution in [1.82, 2.24) is 4.98 Å². The average molecular weight is 504 g/mol. The monoisotopic (exact) mass is 503 g/mol. The number of benzene rings is 2. The van der Waals surface area contributed by atoms with Crippen LogP contribution in [0.3, 0.4) is 0 Å². The number of ether oxygens (including phenoxy) is 2. The first-order chi connectivity index (χ1) is 17.5. The molecule has 5 rings (SSSR count). The molecule has 2 aliphatic rings. The van der Waals surface area contributed by atoms with Crippen LogP contribution >= 0.6 is 0 Å². The van der Waals surface area contributed by atoms with Gasteiger partial charge in [-0.15, -0.1) is 0 Å². The molecule has 0 amide bonds. The van der Waals surface area contributed by atoms with Crippen molar-refractivity contribution in [2.45, 2.75) is 65.1 Å². The zero-order valence-electron chi connectivity index (χ0n) is 22.1. The van der Waals surface area contributed by atoms with E-state index < -0.39 is 5.97 Å². The molecule has 0 aliphatic heterocycles. The van der Waals surface area contributed by atoms with Crippen LogP contribution in [0.1, 0.15) is 67.7 Å². The number of halogens is 1. The minimum absolute atomic E-state index is 0.221. The Morgan fingerprint density at radius 2 is 1.97 bits per heavy atom. The number of fused-ring (bicyclic) bond motifs is 2. The zero-order chi connectivity index (χ0) is 26.5. The van der Waals surface area contributed by atoms with E-state index in [4.69, 9.17) is 9.47 Å². The summed E-state index contributed by atoms with van der Waals surface area (Å²) < 4.78 is 27.0. The second-order valence-corrected chi connectivity index (χ2v) is 11.6. The summed E-state index contributed by atoms with van der Waals surface area (Å²) in [6, 6.07) is 13.8. The molecule has 1 N–H and O–H groups in total. The molecule has 1 spiro atoms. The third kappa shape index (κ3) is 4.63. The summed E-state index contributed by atoms with van der Waals surface area (Å²) in [5, 5.41) is 9.54. The summed E-state index contributed by atoms with van der Waals surface area (Å²) in [4.78, 5) is 15.7. The predicted octanol–water partition coefficient (Wildman–Crippen LogP) is 6.80. The first kappa shape index (κ1) is 25.4. The van der Waals surface area contributed by atoms with Gasteiger partial charge in [-0.05, 0) is 83.7 Å². The van der Waals surface area contributed by atoms with Gasteiger partial charge < -0.3 is 14.6 Å². The molecule has 2 aliphatic carbocycles. The molecule has 0 bridgehead atoms. The molecule has 5 nitrogen and oxygen atoms in total. The van der Waals surface area contributed by atoms with Gasteiger partial charge in [-0.2, -0.15) is 0 Å². The van der Waals surface area contributed by atoms with Crippen molar-refractivity contribution in [2.24, 2.45) is 11.3 Å². The number of rotatable bonds is 7. The number of aliphatic carboxylic acids is 1. The molecule has 6 heteroatoms. The Balaban J connectivity index is 1.45.